The fourth-order valence-corrected chi connectivity index (χ4v) is 2.64. The van der Waals surface area contributed by atoms with Crippen LogP contribution in [0.2, 0.25) is 0 Å². The van der Waals surface area contributed by atoms with Crippen LogP contribution in [0.3, 0.4) is 0 Å². The van der Waals surface area contributed by atoms with Gasteiger partial charge in [-0.25, -0.2) is 0 Å². The average Bonchev–Trinajstić information content (AvgIpc) is 2.80. The van der Waals surface area contributed by atoms with E-state index < -0.39 is 11.6 Å². The van der Waals surface area contributed by atoms with Gasteiger partial charge in [-0.3, -0.25) is 9.59 Å². The van der Waals surface area contributed by atoms with Gasteiger partial charge in [-0.05, 0) is 46.8 Å². The Balaban J connectivity index is 2.28. The first-order chi connectivity index (χ1) is 11.1. The van der Waals surface area contributed by atoms with Crippen LogP contribution < -0.4 is 0 Å². The molecule has 1 aromatic carbocycles. The van der Waals surface area contributed by atoms with Crippen LogP contribution in [0.15, 0.2) is 30.3 Å². The zero-order valence-electron chi connectivity index (χ0n) is 15.3. The molecule has 2 aromatic rings. The van der Waals surface area contributed by atoms with Crippen molar-refractivity contribution in [1.29, 1.82) is 0 Å². The Morgan fingerprint density at radius 1 is 1.21 bits per heavy atom. The van der Waals surface area contributed by atoms with E-state index in [1.54, 1.807) is 4.90 Å². The van der Waals surface area contributed by atoms with Crippen molar-refractivity contribution in [3.05, 3.63) is 36.0 Å². The highest BCUT2D eigenvalue weighted by Crippen LogP contribution is 2.20. The summed E-state index contributed by atoms with van der Waals surface area (Å²) in [6.07, 6.45) is 0. The molecule has 0 atom stereocenters. The summed E-state index contributed by atoms with van der Waals surface area (Å²) in [6.45, 7) is 9.17. The van der Waals surface area contributed by atoms with Gasteiger partial charge in [0.1, 0.15) is 17.8 Å². The highest BCUT2D eigenvalue weighted by atomic mass is 16.6. The first-order valence-electron chi connectivity index (χ1n) is 8.17. The van der Waals surface area contributed by atoms with E-state index in [1.807, 2.05) is 76.6 Å². The van der Waals surface area contributed by atoms with E-state index in [2.05, 4.69) is 0 Å². The minimum absolute atomic E-state index is 0.0602. The molecular weight excluding hydrogens is 304 g/mol. The summed E-state index contributed by atoms with van der Waals surface area (Å²) >= 11 is 0. The molecular formula is C19H26N2O3. The quantitative estimate of drug-likeness (QED) is 0.808. The lowest BCUT2D eigenvalue weighted by molar-refractivity contribution is -0.155. The third-order valence-corrected chi connectivity index (χ3v) is 3.77. The van der Waals surface area contributed by atoms with Crippen molar-refractivity contribution >= 4 is 22.8 Å². The predicted octanol–water partition coefficient (Wildman–Crippen LogP) is 3.37. The number of aryl methyl sites for hydroxylation is 1. The van der Waals surface area contributed by atoms with E-state index in [-0.39, 0.29) is 18.5 Å². The van der Waals surface area contributed by atoms with Crippen molar-refractivity contribution in [3.8, 4) is 0 Å². The third kappa shape index (κ3) is 3.96. The lowest BCUT2D eigenvalue weighted by Crippen LogP contribution is -2.43. The summed E-state index contributed by atoms with van der Waals surface area (Å²) in [5, 5.41) is 1.00. The SMILES string of the molecule is CC(C)N(CC(=O)OC(C)(C)C)C(=O)c1cc2ccccc2n1C. The topological polar surface area (TPSA) is 51.5 Å². The van der Waals surface area contributed by atoms with Crippen LogP contribution in [0.5, 0.6) is 0 Å². The second-order valence-electron chi connectivity index (χ2n) is 7.26. The van der Waals surface area contributed by atoms with Crippen LogP contribution in [0, 0.1) is 0 Å². The molecule has 5 heteroatoms. The summed E-state index contributed by atoms with van der Waals surface area (Å²) in [5.74, 6) is -0.571. The molecule has 0 radical (unpaired) electrons. The van der Waals surface area contributed by atoms with E-state index in [9.17, 15) is 9.59 Å². The highest BCUT2D eigenvalue weighted by molar-refractivity contribution is 6.00. The van der Waals surface area contributed by atoms with E-state index in [4.69, 9.17) is 4.74 Å². The fourth-order valence-electron chi connectivity index (χ4n) is 2.64. The van der Waals surface area contributed by atoms with E-state index in [0.29, 0.717) is 5.69 Å². The van der Waals surface area contributed by atoms with Crippen LogP contribution >= 0.6 is 0 Å². The molecule has 0 bridgehead atoms. The summed E-state index contributed by atoms with van der Waals surface area (Å²) in [4.78, 5) is 26.7. The number of para-hydroxylation sites is 1. The van der Waals surface area contributed by atoms with Gasteiger partial charge in [0.05, 0.1) is 0 Å². The van der Waals surface area contributed by atoms with Gasteiger partial charge >= 0.3 is 5.97 Å². The molecule has 0 unspecified atom stereocenters. The van der Waals surface area contributed by atoms with Gasteiger partial charge in [0, 0.05) is 24.0 Å². The number of amides is 1. The Hall–Kier alpha value is -2.30. The molecule has 0 saturated carbocycles. The molecule has 24 heavy (non-hydrogen) atoms. The van der Waals surface area contributed by atoms with Gasteiger partial charge < -0.3 is 14.2 Å². The van der Waals surface area contributed by atoms with Gasteiger partial charge in [0.25, 0.3) is 5.91 Å². The van der Waals surface area contributed by atoms with E-state index in [1.165, 1.54) is 0 Å². The van der Waals surface area contributed by atoms with Crippen molar-refractivity contribution < 1.29 is 14.3 Å². The van der Waals surface area contributed by atoms with E-state index >= 15 is 0 Å². The molecule has 0 saturated heterocycles. The molecule has 0 spiro atoms. The van der Waals surface area contributed by atoms with Crippen LogP contribution in [-0.4, -0.2) is 39.5 Å². The number of benzene rings is 1. The van der Waals surface area contributed by atoms with Gasteiger partial charge in [-0.1, -0.05) is 18.2 Å². The van der Waals surface area contributed by atoms with Crippen LogP contribution in [0.25, 0.3) is 10.9 Å². The maximum absolute atomic E-state index is 13.0. The average molecular weight is 330 g/mol. The van der Waals surface area contributed by atoms with Gasteiger partial charge in [0.2, 0.25) is 0 Å². The minimum atomic E-state index is -0.567. The first kappa shape index (κ1) is 18.0. The lowest BCUT2D eigenvalue weighted by atomic mass is 10.2. The molecule has 1 heterocycles. The number of nitrogens with zero attached hydrogens (tertiary/aromatic N) is 2. The first-order valence-corrected chi connectivity index (χ1v) is 8.17. The Labute approximate surface area is 143 Å². The number of carbonyl (C=O) groups is 2. The van der Waals surface area contributed by atoms with Crippen LogP contribution in [0.1, 0.15) is 45.1 Å². The Bertz CT molecular complexity index is 754. The third-order valence-electron chi connectivity index (χ3n) is 3.77. The Morgan fingerprint density at radius 2 is 1.83 bits per heavy atom. The second-order valence-corrected chi connectivity index (χ2v) is 7.26. The number of hydrogen-bond donors (Lipinski definition) is 0. The normalized spacial score (nSPS) is 11.8. The van der Waals surface area contributed by atoms with Gasteiger partial charge in [0.15, 0.2) is 0 Å². The number of rotatable bonds is 4. The second kappa shape index (κ2) is 6.67. The molecule has 0 aliphatic rings. The number of fused-ring (bicyclic) bond motifs is 1. The maximum atomic E-state index is 13.0. The summed E-state index contributed by atoms with van der Waals surface area (Å²) in [5.41, 5.74) is 0.984. The van der Waals surface area contributed by atoms with Crippen LogP contribution in [-0.2, 0) is 16.6 Å². The largest absolute Gasteiger partial charge is 0.459 e. The number of carbonyl (C=O) groups excluding carboxylic acids is 2. The maximum Gasteiger partial charge on any atom is 0.326 e. The number of ether oxygens (including phenoxy) is 1. The molecule has 5 nitrogen and oxygen atoms in total. The Morgan fingerprint density at radius 3 is 2.38 bits per heavy atom. The van der Waals surface area contributed by atoms with Crippen molar-refractivity contribution in [3.63, 3.8) is 0 Å². The van der Waals surface area contributed by atoms with Crippen LogP contribution in [0.4, 0.5) is 0 Å². The molecule has 0 fully saturated rings. The van der Waals surface area contributed by atoms with E-state index in [0.717, 1.165) is 10.9 Å². The number of esters is 1. The van der Waals surface area contributed by atoms with Crippen molar-refractivity contribution in [2.45, 2.75) is 46.3 Å². The van der Waals surface area contributed by atoms with Gasteiger partial charge in [-0.15, -0.1) is 0 Å². The molecule has 1 aromatic heterocycles. The zero-order valence-corrected chi connectivity index (χ0v) is 15.3. The van der Waals surface area contributed by atoms with Gasteiger partial charge in [-0.2, -0.15) is 0 Å². The smallest absolute Gasteiger partial charge is 0.326 e. The monoisotopic (exact) mass is 330 g/mol. The lowest BCUT2D eigenvalue weighted by Gasteiger charge is -2.28. The molecule has 1 amide bonds. The summed E-state index contributed by atoms with van der Waals surface area (Å²) < 4.78 is 7.22. The predicted molar refractivity (Wildman–Crippen MR) is 94.9 cm³/mol. The molecule has 2 rings (SSSR count). The highest BCUT2D eigenvalue weighted by Gasteiger charge is 2.26. The zero-order chi connectivity index (χ0) is 18.1. The minimum Gasteiger partial charge on any atom is -0.459 e. The Kier molecular flexibility index (Phi) is 5.02. The fraction of sp³-hybridized carbons (Fsp3) is 0.474. The summed E-state index contributed by atoms with van der Waals surface area (Å²) in [6, 6.07) is 9.58. The van der Waals surface area contributed by atoms with Crippen molar-refractivity contribution in [2.24, 2.45) is 7.05 Å². The summed E-state index contributed by atoms with van der Waals surface area (Å²) in [7, 11) is 1.86. The molecule has 0 aliphatic carbocycles. The van der Waals surface area contributed by atoms with Crippen molar-refractivity contribution in [2.75, 3.05) is 6.54 Å². The molecule has 0 N–H and O–H groups in total. The number of hydrogen-bond acceptors (Lipinski definition) is 3. The number of aromatic nitrogens is 1. The molecule has 0 aliphatic heterocycles. The standard InChI is InChI=1S/C19H26N2O3/c1-13(2)21(12-17(22)24-19(3,4)5)18(23)16-11-14-9-7-8-10-15(14)20(16)6/h7-11,13H,12H2,1-6H3. The molecule has 130 valence electrons. The van der Waals surface area contributed by atoms with Crippen molar-refractivity contribution in [1.82, 2.24) is 9.47 Å².